The predicted molar refractivity (Wildman–Crippen MR) is 147 cm³/mol. The molecule has 11 heteroatoms. The Morgan fingerprint density at radius 1 is 1.25 bits per heavy atom. The number of ether oxygens (including phenoxy) is 2. The molecule has 2 aliphatic rings. The zero-order chi connectivity index (χ0) is 28.0. The third-order valence-corrected chi connectivity index (χ3v) is 7.91. The number of nitrogens with zero attached hydrogens (tertiary/aromatic N) is 3. The normalized spacial score (nSPS) is 18.4. The molecule has 0 aliphatic carbocycles. The molecule has 0 saturated heterocycles. The van der Waals surface area contributed by atoms with Crippen LogP contribution >= 0.6 is 0 Å². The summed E-state index contributed by atoms with van der Waals surface area (Å²) in [6.45, 7) is 2.54. The minimum Gasteiger partial charge on any atom is -0.458 e. The van der Waals surface area contributed by atoms with Crippen molar-refractivity contribution in [3.8, 4) is 11.4 Å². The van der Waals surface area contributed by atoms with E-state index in [1.54, 1.807) is 23.8 Å². The standard InChI is InChI=1S/C29H31N5O6/c1-2-29(38)20-11-23-26-18(13-34(23)27(36)19(20)14-40-28(29)37)16(6-4-10-39-15-32-24(35)12-30)25-17-5-3-9-31-21(17)7-8-22(25)33-26/h3,5,7-9,11,24,32,35,38H,2,4,6,10,12-15,30H2,1H3/t24?,29-/m0/s1. The number of hydrogen-bond acceptors (Lipinski definition) is 10. The molecule has 208 valence electrons. The number of aliphatic hydroxyl groups is 2. The van der Waals surface area contributed by atoms with E-state index in [1.807, 2.05) is 24.3 Å². The summed E-state index contributed by atoms with van der Waals surface area (Å²) in [5.41, 5.74) is 8.66. The van der Waals surface area contributed by atoms with Crippen molar-refractivity contribution in [1.82, 2.24) is 19.9 Å². The highest BCUT2D eigenvalue weighted by Crippen LogP contribution is 2.41. The second-order valence-corrected chi connectivity index (χ2v) is 10.2. The van der Waals surface area contributed by atoms with Crippen molar-refractivity contribution < 1.29 is 24.5 Å². The van der Waals surface area contributed by atoms with Gasteiger partial charge in [-0.25, -0.2) is 9.78 Å². The highest BCUT2D eigenvalue weighted by Gasteiger charge is 2.45. The summed E-state index contributed by atoms with van der Waals surface area (Å²) >= 11 is 0. The number of esters is 1. The second kappa shape index (κ2) is 10.3. The average Bonchev–Trinajstić information content (AvgIpc) is 3.35. The number of aliphatic hydroxyl groups excluding tert-OH is 1. The maximum absolute atomic E-state index is 13.7. The van der Waals surface area contributed by atoms with Gasteiger partial charge in [0.2, 0.25) is 0 Å². The smallest absolute Gasteiger partial charge is 0.343 e. The van der Waals surface area contributed by atoms with Gasteiger partial charge in [-0.2, -0.15) is 0 Å². The van der Waals surface area contributed by atoms with Crippen LogP contribution in [0.1, 0.15) is 42.0 Å². The van der Waals surface area contributed by atoms with E-state index in [0.717, 1.165) is 32.9 Å². The highest BCUT2D eigenvalue weighted by molar-refractivity contribution is 6.08. The summed E-state index contributed by atoms with van der Waals surface area (Å²) < 4.78 is 12.5. The van der Waals surface area contributed by atoms with Crippen LogP contribution in [0.5, 0.6) is 0 Å². The molecule has 0 amide bonds. The Bertz CT molecular complexity index is 1700. The lowest BCUT2D eigenvalue weighted by Crippen LogP contribution is -2.44. The molecule has 0 fully saturated rings. The maximum atomic E-state index is 13.7. The molecule has 2 aliphatic heterocycles. The summed E-state index contributed by atoms with van der Waals surface area (Å²) in [4.78, 5) is 35.7. The number of fused-ring (bicyclic) bond motifs is 7. The van der Waals surface area contributed by atoms with E-state index in [2.05, 4.69) is 10.3 Å². The van der Waals surface area contributed by atoms with Crippen LogP contribution in [0.25, 0.3) is 33.2 Å². The van der Waals surface area contributed by atoms with Crippen LogP contribution in [0.2, 0.25) is 0 Å². The zero-order valence-corrected chi connectivity index (χ0v) is 22.1. The Morgan fingerprint density at radius 3 is 2.88 bits per heavy atom. The molecule has 40 heavy (non-hydrogen) atoms. The molecule has 0 radical (unpaired) electrons. The van der Waals surface area contributed by atoms with Crippen LogP contribution in [-0.4, -0.2) is 56.8 Å². The van der Waals surface area contributed by atoms with Gasteiger partial charge in [-0.3, -0.25) is 15.1 Å². The number of pyridine rings is 3. The topological polar surface area (TPSA) is 162 Å². The number of hydrogen-bond donors (Lipinski definition) is 4. The van der Waals surface area contributed by atoms with E-state index in [0.29, 0.717) is 48.5 Å². The Hall–Kier alpha value is -3.74. The fourth-order valence-corrected chi connectivity index (χ4v) is 5.76. The van der Waals surface area contributed by atoms with Gasteiger partial charge < -0.3 is 30.0 Å². The quantitative estimate of drug-likeness (QED) is 0.0922. The van der Waals surface area contributed by atoms with Crippen molar-refractivity contribution in [2.45, 2.75) is 51.2 Å². The largest absolute Gasteiger partial charge is 0.458 e. The fourth-order valence-electron chi connectivity index (χ4n) is 5.76. The van der Waals surface area contributed by atoms with E-state index >= 15 is 0 Å². The third-order valence-electron chi connectivity index (χ3n) is 7.91. The first-order chi connectivity index (χ1) is 19.4. The van der Waals surface area contributed by atoms with Gasteiger partial charge in [0.15, 0.2) is 5.60 Å². The number of nitrogens with one attached hydrogen (secondary N) is 1. The van der Waals surface area contributed by atoms with Gasteiger partial charge in [0, 0.05) is 41.2 Å². The van der Waals surface area contributed by atoms with Crippen molar-refractivity contribution in [2.24, 2.45) is 5.73 Å². The molecule has 3 aromatic heterocycles. The summed E-state index contributed by atoms with van der Waals surface area (Å²) in [5, 5.41) is 25.5. The van der Waals surface area contributed by atoms with Crippen LogP contribution < -0.4 is 16.6 Å². The van der Waals surface area contributed by atoms with Gasteiger partial charge in [-0.15, -0.1) is 0 Å². The monoisotopic (exact) mass is 545 g/mol. The lowest BCUT2D eigenvalue weighted by atomic mass is 9.86. The Balaban J connectivity index is 1.46. The SMILES string of the molecule is CC[C@@]1(O)C(=O)OCc2c1cc1n(c2=O)Cc2c-1nc1ccc3ncccc3c1c2CCCOCNC(O)CN. The maximum Gasteiger partial charge on any atom is 0.343 e. The molecule has 1 unspecified atom stereocenters. The molecule has 5 heterocycles. The Morgan fingerprint density at radius 2 is 2.08 bits per heavy atom. The van der Waals surface area contributed by atoms with Crippen LogP contribution in [0.15, 0.2) is 41.3 Å². The molecule has 2 atom stereocenters. The van der Waals surface area contributed by atoms with Crippen molar-refractivity contribution in [1.29, 1.82) is 0 Å². The molecule has 0 bridgehead atoms. The van der Waals surface area contributed by atoms with E-state index < -0.39 is 17.8 Å². The van der Waals surface area contributed by atoms with Crippen LogP contribution in [0, 0.1) is 0 Å². The van der Waals surface area contributed by atoms with Crippen LogP contribution in [-0.2, 0) is 39.4 Å². The number of rotatable bonds is 9. The number of aryl methyl sites for hydroxylation is 1. The van der Waals surface area contributed by atoms with Crippen molar-refractivity contribution in [2.75, 3.05) is 19.9 Å². The molecule has 1 aromatic carbocycles. The highest BCUT2D eigenvalue weighted by atomic mass is 16.6. The first kappa shape index (κ1) is 26.5. The molecule has 5 N–H and O–H groups in total. The number of benzene rings is 1. The summed E-state index contributed by atoms with van der Waals surface area (Å²) in [5.74, 6) is -0.746. The molecule has 4 aromatic rings. The van der Waals surface area contributed by atoms with Gasteiger partial charge in [-0.05, 0) is 49.1 Å². The molecular formula is C29H31N5O6. The van der Waals surface area contributed by atoms with E-state index in [4.69, 9.17) is 20.2 Å². The van der Waals surface area contributed by atoms with Gasteiger partial charge in [0.25, 0.3) is 5.56 Å². The van der Waals surface area contributed by atoms with Crippen LogP contribution in [0.3, 0.4) is 0 Å². The van der Waals surface area contributed by atoms with Crippen LogP contribution in [0.4, 0.5) is 0 Å². The minimum absolute atomic E-state index is 0.0845. The van der Waals surface area contributed by atoms with Gasteiger partial charge in [0.1, 0.15) is 12.8 Å². The predicted octanol–water partition coefficient (Wildman–Crippen LogP) is 1.40. The number of cyclic esters (lactones) is 1. The van der Waals surface area contributed by atoms with Crippen molar-refractivity contribution in [3.05, 3.63) is 69.1 Å². The van der Waals surface area contributed by atoms with E-state index in [-0.39, 0.29) is 31.9 Å². The van der Waals surface area contributed by atoms with Gasteiger partial charge >= 0.3 is 5.97 Å². The molecule has 0 spiro atoms. The summed E-state index contributed by atoms with van der Waals surface area (Å²) in [6, 6.07) is 9.51. The summed E-state index contributed by atoms with van der Waals surface area (Å²) in [7, 11) is 0. The van der Waals surface area contributed by atoms with Gasteiger partial charge in [0.05, 0.1) is 41.3 Å². The number of aromatic nitrogens is 3. The lowest BCUT2D eigenvalue weighted by molar-refractivity contribution is -0.172. The first-order valence-electron chi connectivity index (χ1n) is 13.4. The fraction of sp³-hybridized carbons (Fsp3) is 0.379. The third kappa shape index (κ3) is 4.18. The molecule has 0 saturated carbocycles. The van der Waals surface area contributed by atoms with Gasteiger partial charge in [-0.1, -0.05) is 13.0 Å². The average molecular weight is 546 g/mol. The number of carbonyl (C=O) groups excluding carboxylic acids is 1. The zero-order valence-electron chi connectivity index (χ0n) is 22.1. The van der Waals surface area contributed by atoms with Crippen molar-refractivity contribution in [3.63, 3.8) is 0 Å². The lowest BCUT2D eigenvalue weighted by Gasteiger charge is -2.31. The number of nitrogens with two attached hydrogens (primary N) is 1. The van der Waals surface area contributed by atoms with E-state index in [9.17, 15) is 19.8 Å². The Kier molecular flexibility index (Phi) is 6.85. The second-order valence-electron chi connectivity index (χ2n) is 10.2. The first-order valence-corrected chi connectivity index (χ1v) is 13.4. The summed E-state index contributed by atoms with van der Waals surface area (Å²) in [6.07, 6.45) is 2.35. The Labute approximate surface area is 229 Å². The van der Waals surface area contributed by atoms with Crippen molar-refractivity contribution >= 4 is 27.8 Å². The number of carbonyl (C=O) groups is 1. The molecular weight excluding hydrogens is 514 g/mol. The molecule has 11 nitrogen and oxygen atoms in total. The molecule has 6 rings (SSSR count). The minimum atomic E-state index is -1.88. The van der Waals surface area contributed by atoms with E-state index in [1.165, 1.54) is 0 Å².